The van der Waals surface area contributed by atoms with Gasteiger partial charge in [0.25, 0.3) is 5.91 Å². The average molecular weight is 450 g/mol. The van der Waals surface area contributed by atoms with Crippen LogP contribution in [0, 0.1) is 0 Å². The zero-order chi connectivity index (χ0) is 17.0. The fourth-order valence-electron chi connectivity index (χ4n) is 2.67. The number of nitrogens with one attached hydrogen (secondary N) is 2. The second-order valence-electron chi connectivity index (χ2n) is 5.97. The molecule has 1 atom stereocenters. The number of carbonyl (C=O) groups excluding carboxylic acids is 1. The third-order valence-electron chi connectivity index (χ3n) is 4.04. The molecule has 1 aliphatic carbocycles. The van der Waals surface area contributed by atoms with Gasteiger partial charge in [-0.3, -0.25) is 4.79 Å². The van der Waals surface area contributed by atoms with Gasteiger partial charge < -0.3 is 20.8 Å². The fourth-order valence-corrected chi connectivity index (χ4v) is 4.08. The Kier molecular flexibility index (Phi) is 7.03. The minimum atomic E-state index is -1.06. The Balaban J connectivity index is 2.08. The molecule has 1 fully saturated rings. The van der Waals surface area contributed by atoms with E-state index in [-0.39, 0.29) is 6.10 Å². The van der Waals surface area contributed by atoms with Crippen molar-refractivity contribution in [3.63, 3.8) is 0 Å². The van der Waals surface area contributed by atoms with Gasteiger partial charge in [-0.15, -0.1) is 0 Å². The van der Waals surface area contributed by atoms with Gasteiger partial charge in [-0.1, -0.05) is 15.9 Å². The minimum Gasteiger partial charge on any atom is -0.393 e. The summed E-state index contributed by atoms with van der Waals surface area (Å²) in [7, 11) is 0. The topological polar surface area (TPSA) is 81.6 Å². The Morgan fingerprint density at radius 3 is 2.57 bits per heavy atom. The third-order valence-corrected chi connectivity index (χ3v) is 5.13. The molecule has 1 amide bonds. The second kappa shape index (κ2) is 8.58. The molecular weight excluding hydrogens is 428 g/mol. The number of benzene rings is 1. The van der Waals surface area contributed by atoms with Crippen molar-refractivity contribution in [2.75, 3.05) is 5.32 Å². The highest BCUT2D eigenvalue weighted by Crippen LogP contribution is 2.31. The van der Waals surface area contributed by atoms with Crippen molar-refractivity contribution in [3.05, 3.63) is 26.6 Å². The third kappa shape index (κ3) is 5.53. The number of amides is 1. The molecule has 2 rings (SSSR count). The minimum absolute atomic E-state index is 0.172. The summed E-state index contributed by atoms with van der Waals surface area (Å²) in [5, 5.41) is 25.2. The van der Waals surface area contributed by atoms with E-state index in [9.17, 15) is 15.0 Å². The van der Waals surface area contributed by atoms with E-state index in [4.69, 9.17) is 0 Å². The first-order valence-corrected chi connectivity index (χ1v) is 9.33. The first kappa shape index (κ1) is 18.9. The van der Waals surface area contributed by atoms with Crippen molar-refractivity contribution >= 4 is 43.5 Å². The smallest absolute Gasteiger partial charge is 0.252 e. The van der Waals surface area contributed by atoms with Crippen molar-refractivity contribution in [2.24, 2.45) is 0 Å². The summed E-state index contributed by atoms with van der Waals surface area (Å²) in [5.74, 6) is -0.435. The predicted octanol–water partition coefficient (Wildman–Crippen LogP) is 2.92. The maximum absolute atomic E-state index is 11.8. The first-order chi connectivity index (χ1) is 10.9. The number of anilines is 1. The Bertz CT molecular complexity index is 559. The molecule has 1 unspecified atom stereocenters. The summed E-state index contributed by atoms with van der Waals surface area (Å²) in [5.41, 5.74) is 1.61. The largest absolute Gasteiger partial charge is 0.393 e. The van der Waals surface area contributed by atoms with E-state index >= 15 is 0 Å². The zero-order valence-corrected chi connectivity index (χ0v) is 16.2. The van der Waals surface area contributed by atoms with Crippen LogP contribution < -0.4 is 10.6 Å². The molecule has 0 saturated heterocycles. The summed E-state index contributed by atoms with van der Waals surface area (Å²) >= 11 is 6.93. The molecule has 1 aliphatic rings. The molecule has 0 aromatic heterocycles. The molecule has 1 aromatic carbocycles. The van der Waals surface area contributed by atoms with Gasteiger partial charge in [0.1, 0.15) is 6.10 Å². The van der Waals surface area contributed by atoms with Crippen molar-refractivity contribution in [3.8, 4) is 0 Å². The highest BCUT2D eigenvalue weighted by Gasteiger charge is 2.20. The number of carbonyl (C=O) groups is 1. The highest BCUT2D eigenvalue weighted by atomic mass is 79.9. The molecule has 0 bridgehead atoms. The number of hydrogen-bond donors (Lipinski definition) is 4. The van der Waals surface area contributed by atoms with Crippen molar-refractivity contribution < 1.29 is 15.0 Å². The lowest BCUT2D eigenvalue weighted by molar-refractivity contribution is -0.123. The van der Waals surface area contributed by atoms with Crippen LogP contribution in [-0.4, -0.2) is 34.4 Å². The molecule has 0 aliphatic heterocycles. The fraction of sp³-hybridized carbons (Fsp3) is 0.562. The SMILES string of the molecule is CC(O)C(=O)Nc1c(Br)cc(Br)cc1CNC1CCC(O)CC1. The van der Waals surface area contributed by atoms with Crippen molar-refractivity contribution in [1.82, 2.24) is 5.32 Å². The van der Waals surface area contributed by atoms with Crippen molar-refractivity contribution in [2.45, 2.75) is 57.4 Å². The second-order valence-corrected chi connectivity index (χ2v) is 7.74. The number of aliphatic hydroxyl groups is 2. The van der Waals surface area contributed by atoms with Gasteiger partial charge >= 0.3 is 0 Å². The van der Waals surface area contributed by atoms with E-state index in [0.717, 1.165) is 40.2 Å². The van der Waals surface area contributed by atoms with Crippen LogP contribution in [0.4, 0.5) is 5.69 Å². The van der Waals surface area contributed by atoms with Crippen LogP contribution in [0.5, 0.6) is 0 Å². The molecule has 0 radical (unpaired) electrons. The van der Waals surface area contributed by atoms with E-state index in [1.807, 2.05) is 12.1 Å². The zero-order valence-electron chi connectivity index (χ0n) is 13.0. The lowest BCUT2D eigenvalue weighted by Gasteiger charge is -2.27. The van der Waals surface area contributed by atoms with Gasteiger partial charge in [0, 0.05) is 21.5 Å². The van der Waals surface area contributed by atoms with Crippen molar-refractivity contribution in [1.29, 1.82) is 0 Å². The maximum Gasteiger partial charge on any atom is 0.252 e. The average Bonchev–Trinajstić information content (AvgIpc) is 2.49. The van der Waals surface area contributed by atoms with Crippen LogP contribution in [0.3, 0.4) is 0 Å². The van der Waals surface area contributed by atoms with E-state index in [1.165, 1.54) is 6.92 Å². The maximum atomic E-state index is 11.8. The van der Waals surface area contributed by atoms with Gasteiger partial charge in [-0.05, 0) is 66.2 Å². The van der Waals surface area contributed by atoms with E-state index in [0.29, 0.717) is 18.3 Å². The Morgan fingerprint density at radius 1 is 1.30 bits per heavy atom. The summed E-state index contributed by atoms with van der Waals surface area (Å²) < 4.78 is 1.67. The van der Waals surface area contributed by atoms with Gasteiger partial charge in [0.15, 0.2) is 0 Å². The molecular formula is C16H22Br2N2O3. The number of rotatable bonds is 5. The molecule has 23 heavy (non-hydrogen) atoms. The molecule has 1 aromatic rings. The highest BCUT2D eigenvalue weighted by molar-refractivity contribution is 9.11. The Labute approximate surface area is 153 Å². The van der Waals surface area contributed by atoms with E-state index in [2.05, 4.69) is 42.5 Å². The van der Waals surface area contributed by atoms with Gasteiger partial charge in [-0.2, -0.15) is 0 Å². The summed E-state index contributed by atoms with van der Waals surface area (Å²) in [6, 6.07) is 4.18. The molecule has 1 saturated carbocycles. The van der Waals surface area contributed by atoms with Crippen LogP contribution in [0.25, 0.3) is 0 Å². The normalized spacial score (nSPS) is 22.7. The Morgan fingerprint density at radius 2 is 1.96 bits per heavy atom. The number of halogens is 2. The summed E-state index contributed by atoms with van der Waals surface area (Å²) in [6.45, 7) is 2.04. The van der Waals surface area contributed by atoms with Gasteiger partial charge in [0.2, 0.25) is 0 Å². The van der Waals surface area contributed by atoms with Crippen LogP contribution in [-0.2, 0) is 11.3 Å². The standard InChI is InChI=1S/C16H22Br2N2O3/c1-9(21)16(23)20-15-10(6-11(17)7-14(15)18)8-19-12-2-4-13(22)5-3-12/h6-7,9,12-13,19,21-22H,2-5,8H2,1H3,(H,20,23). The monoisotopic (exact) mass is 448 g/mol. The molecule has 0 spiro atoms. The molecule has 128 valence electrons. The van der Waals surface area contributed by atoms with Crippen LogP contribution in [0.2, 0.25) is 0 Å². The molecule has 5 nitrogen and oxygen atoms in total. The predicted molar refractivity (Wildman–Crippen MR) is 97.3 cm³/mol. The molecule has 0 heterocycles. The molecule has 4 N–H and O–H groups in total. The van der Waals surface area contributed by atoms with Gasteiger partial charge in [0.05, 0.1) is 11.8 Å². The quantitative estimate of drug-likeness (QED) is 0.557. The van der Waals surface area contributed by atoms with E-state index < -0.39 is 12.0 Å². The van der Waals surface area contributed by atoms with Crippen LogP contribution in [0.1, 0.15) is 38.2 Å². The van der Waals surface area contributed by atoms with Crippen LogP contribution in [0.15, 0.2) is 21.1 Å². The lowest BCUT2D eigenvalue weighted by atomic mass is 9.93. The number of hydrogen-bond acceptors (Lipinski definition) is 4. The van der Waals surface area contributed by atoms with E-state index in [1.54, 1.807) is 0 Å². The van der Waals surface area contributed by atoms with Gasteiger partial charge in [-0.25, -0.2) is 0 Å². The Hall–Kier alpha value is -0.470. The summed E-state index contributed by atoms with van der Waals surface area (Å²) in [6.07, 6.45) is 2.31. The van der Waals surface area contributed by atoms with Crippen LogP contribution >= 0.6 is 31.9 Å². The summed E-state index contributed by atoms with van der Waals surface area (Å²) in [4.78, 5) is 11.8. The number of aliphatic hydroxyl groups excluding tert-OH is 2. The lowest BCUT2D eigenvalue weighted by Crippen LogP contribution is -2.34. The first-order valence-electron chi connectivity index (χ1n) is 7.75. The molecule has 7 heteroatoms.